The lowest BCUT2D eigenvalue weighted by molar-refractivity contribution is 0.231. The second-order valence-corrected chi connectivity index (χ2v) is 4.10. The maximum absolute atomic E-state index is 8.91. The summed E-state index contributed by atoms with van der Waals surface area (Å²) in [6.45, 7) is 8.97. The Bertz CT molecular complexity index is 105. The molecule has 0 saturated carbocycles. The number of aliphatic hydroxyl groups excluding tert-OH is 1. The summed E-state index contributed by atoms with van der Waals surface area (Å²) >= 11 is 0. The van der Waals surface area contributed by atoms with E-state index in [0.717, 1.165) is 12.3 Å². The lowest BCUT2D eigenvalue weighted by Gasteiger charge is -2.23. The lowest BCUT2D eigenvalue weighted by atomic mass is 9.97. The minimum atomic E-state index is 0.231. The van der Waals surface area contributed by atoms with Crippen LogP contribution >= 0.6 is 0 Å². The Morgan fingerprint density at radius 1 is 1.15 bits per heavy atom. The first-order valence-electron chi connectivity index (χ1n) is 5.50. The summed E-state index contributed by atoms with van der Waals surface area (Å²) in [4.78, 5) is 0. The van der Waals surface area contributed by atoms with Crippen molar-refractivity contribution in [3.8, 4) is 0 Å². The Morgan fingerprint density at radius 3 is 2.15 bits per heavy atom. The zero-order valence-corrected chi connectivity index (χ0v) is 9.51. The fourth-order valence-corrected chi connectivity index (χ4v) is 1.46. The van der Waals surface area contributed by atoms with Gasteiger partial charge in [0.05, 0.1) is 6.61 Å². The van der Waals surface area contributed by atoms with E-state index in [2.05, 4.69) is 26.1 Å². The van der Waals surface area contributed by atoms with Crippen molar-refractivity contribution in [1.29, 1.82) is 0 Å². The van der Waals surface area contributed by atoms with Crippen LogP contribution in [0.5, 0.6) is 0 Å². The largest absolute Gasteiger partial charge is 0.395 e. The van der Waals surface area contributed by atoms with Crippen molar-refractivity contribution in [3.63, 3.8) is 0 Å². The molecule has 0 rings (SSSR count). The van der Waals surface area contributed by atoms with Crippen LogP contribution in [0.15, 0.2) is 0 Å². The van der Waals surface area contributed by atoms with Gasteiger partial charge in [0.25, 0.3) is 0 Å². The molecule has 0 radical (unpaired) electrons. The SMILES string of the molecule is CCC(C)CC(CC)NC(C)CO. The molecule has 0 aromatic carbocycles. The van der Waals surface area contributed by atoms with Crippen LogP contribution in [0, 0.1) is 5.92 Å². The maximum atomic E-state index is 8.91. The number of nitrogens with one attached hydrogen (secondary N) is 1. The molecule has 0 bridgehead atoms. The van der Waals surface area contributed by atoms with Crippen LogP contribution < -0.4 is 5.32 Å². The van der Waals surface area contributed by atoms with Crippen molar-refractivity contribution in [1.82, 2.24) is 5.32 Å². The number of hydrogen-bond acceptors (Lipinski definition) is 2. The molecule has 3 atom stereocenters. The van der Waals surface area contributed by atoms with Gasteiger partial charge in [0.15, 0.2) is 0 Å². The van der Waals surface area contributed by atoms with Crippen LogP contribution in [-0.4, -0.2) is 23.8 Å². The van der Waals surface area contributed by atoms with E-state index in [1.807, 2.05) is 6.92 Å². The van der Waals surface area contributed by atoms with E-state index >= 15 is 0 Å². The Balaban J connectivity index is 3.74. The Kier molecular flexibility index (Phi) is 7.29. The Labute approximate surface area is 82.7 Å². The molecule has 0 aliphatic rings. The minimum Gasteiger partial charge on any atom is -0.395 e. The third-order valence-corrected chi connectivity index (χ3v) is 2.67. The molecule has 2 N–H and O–H groups in total. The third kappa shape index (κ3) is 6.05. The van der Waals surface area contributed by atoms with Gasteiger partial charge in [-0.3, -0.25) is 0 Å². The molecule has 0 aliphatic heterocycles. The van der Waals surface area contributed by atoms with Crippen LogP contribution in [0.25, 0.3) is 0 Å². The minimum absolute atomic E-state index is 0.231. The van der Waals surface area contributed by atoms with Gasteiger partial charge in [0.2, 0.25) is 0 Å². The third-order valence-electron chi connectivity index (χ3n) is 2.67. The first kappa shape index (κ1) is 12.9. The predicted molar refractivity (Wildman–Crippen MR) is 57.8 cm³/mol. The van der Waals surface area contributed by atoms with Gasteiger partial charge in [0, 0.05) is 12.1 Å². The van der Waals surface area contributed by atoms with Crippen molar-refractivity contribution in [2.24, 2.45) is 5.92 Å². The van der Waals surface area contributed by atoms with Gasteiger partial charge in [-0.15, -0.1) is 0 Å². The number of rotatable bonds is 7. The highest BCUT2D eigenvalue weighted by molar-refractivity contribution is 4.71. The van der Waals surface area contributed by atoms with E-state index in [1.165, 1.54) is 12.8 Å². The van der Waals surface area contributed by atoms with Gasteiger partial charge in [-0.05, 0) is 25.7 Å². The molecule has 0 heterocycles. The number of aliphatic hydroxyl groups is 1. The average Bonchev–Trinajstić information content (AvgIpc) is 2.16. The fourth-order valence-electron chi connectivity index (χ4n) is 1.46. The van der Waals surface area contributed by atoms with E-state index in [1.54, 1.807) is 0 Å². The van der Waals surface area contributed by atoms with Crippen molar-refractivity contribution < 1.29 is 5.11 Å². The van der Waals surface area contributed by atoms with Crippen LogP contribution in [-0.2, 0) is 0 Å². The molecule has 0 saturated heterocycles. The van der Waals surface area contributed by atoms with E-state index < -0.39 is 0 Å². The first-order chi connectivity index (χ1) is 6.13. The maximum Gasteiger partial charge on any atom is 0.0582 e. The zero-order valence-electron chi connectivity index (χ0n) is 9.51. The summed E-state index contributed by atoms with van der Waals surface area (Å²) in [6.07, 6.45) is 3.61. The van der Waals surface area contributed by atoms with Crippen LogP contribution in [0.1, 0.15) is 47.0 Å². The quantitative estimate of drug-likeness (QED) is 0.640. The van der Waals surface area contributed by atoms with Gasteiger partial charge in [-0.1, -0.05) is 27.2 Å². The zero-order chi connectivity index (χ0) is 10.3. The molecule has 0 spiro atoms. The highest BCUT2D eigenvalue weighted by Gasteiger charge is 2.12. The molecular formula is C11H25NO. The summed E-state index contributed by atoms with van der Waals surface area (Å²) in [7, 11) is 0. The van der Waals surface area contributed by atoms with Crippen molar-refractivity contribution in [2.75, 3.05) is 6.61 Å². The van der Waals surface area contributed by atoms with Crippen LogP contribution in [0.2, 0.25) is 0 Å². The van der Waals surface area contributed by atoms with Crippen molar-refractivity contribution >= 4 is 0 Å². The monoisotopic (exact) mass is 187 g/mol. The Hall–Kier alpha value is -0.0800. The first-order valence-corrected chi connectivity index (χ1v) is 5.50. The van der Waals surface area contributed by atoms with Crippen molar-refractivity contribution in [2.45, 2.75) is 59.0 Å². The molecule has 0 amide bonds. The molecule has 0 aliphatic carbocycles. The molecule has 2 nitrogen and oxygen atoms in total. The summed E-state index contributed by atoms with van der Waals surface area (Å²) < 4.78 is 0. The van der Waals surface area contributed by atoms with E-state index in [4.69, 9.17) is 5.11 Å². The average molecular weight is 187 g/mol. The van der Waals surface area contributed by atoms with Gasteiger partial charge in [0.1, 0.15) is 0 Å². The molecule has 3 unspecified atom stereocenters. The molecule has 13 heavy (non-hydrogen) atoms. The summed E-state index contributed by atoms with van der Waals surface area (Å²) in [5, 5.41) is 12.3. The molecule has 0 aromatic heterocycles. The van der Waals surface area contributed by atoms with Gasteiger partial charge in [-0.25, -0.2) is 0 Å². The second kappa shape index (κ2) is 7.34. The van der Waals surface area contributed by atoms with Gasteiger partial charge < -0.3 is 10.4 Å². The fraction of sp³-hybridized carbons (Fsp3) is 1.00. The van der Waals surface area contributed by atoms with E-state index in [9.17, 15) is 0 Å². The van der Waals surface area contributed by atoms with E-state index in [0.29, 0.717) is 6.04 Å². The second-order valence-electron chi connectivity index (χ2n) is 4.10. The molecule has 0 fully saturated rings. The molecule has 2 heteroatoms. The predicted octanol–water partition coefficient (Wildman–Crippen LogP) is 2.17. The molecule has 0 aromatic rings. The summed E-state index contributed by atoms with van der Waals surface area (Å²) in [5.74, 6) is 0.781. The Morgan fingerprint density at radius 2 is 1.77 bits per heavy atom. The normalized spacial score (nSPS) is 18.2. The van der Waals surface area contributed by atoms with Crippen molar-refractivity contribution in [3.05, 3.63) is 0 Å². The standard InChI is InChI=1S/C11H25NO/c1-5-9(3)7-11(6-2)12-10(4)8-13/h9-13H,5-8H2,1-4H3. The summed E-state index contributed by atoms with van der Waals surface area (Å²) in [5.41, 5.74) is 0. The topological polar surface area (TPSA) is 32.3 Å². The van der Waals surface area contributed by atoms with Gasteiger partial charge >= 0.3 is 0 Å². The molecular weight excluding hydrogens is 162 g/mol. The van der Waals surface area contributed by atoms with Gasteiger partial charge in [-0.2, -0.15) is 0 Å². The lowest BCUT2D eigenvalue weighted by Crippen LogP contribution is -2.39. The van der Waals surface area contributed by atoms with E-state index in [-0.39, 0.29) is 12.6 Å². The molecule has 80 valence electrons. The highest BCUT2D eigenvalue weighted by Crippen LogP contribution is 2.12. The van der Waals surface area contributed by atoms with Crippen LogP contribution in [0.3, 0.4) is 0 Å². The summed E-state index contributed by atoms with van der Waals surface area (Å²) in [6, 6.07) is 0.797. The smallest absolute Gasteiger partial charge is 0.0582 e. The highest BCUT2D eigenvalue weighted by atomic mass is 16.3. The van der Waals surface area contributed by atoms with Crippen LogP contribution in [0.4, 0.5) is 0 Å². The number of hydrogen-bond donors (Lipinski definition) is 2.